The van der Waals surface area contributed by atoms with E-state index in [2.05, 4.69) is 13.8 Å². The number of esters is 1. The number of halogens is 1. The van der Waals surface area contributed by atoms with Gasteiger partial charge < -0.3 is 9.30 Å². The second-order valence-electron chi connectivity index (χ2n) is 10.9. The second kappa shape index (κ2) is 11.6. The van der Waals surface area contributed by atoms with E-state index in [4.69, 9.17) is 9.73 Å². The van der Waals surface area contributed by atoms with Crippen molar-refractivity contribution in [2.45, 2.75) is 46.2 Å². The van der Waals surface area contributed by atoms with E-state index in [9.17, 15) is 14.0 Å². The van der Waals surface area contributed by atoms with Crippen LogP contribution < -0.4 is 14.9 Å². The van der Waals surface area contributed by atoms with E-state index in [1.54, 1.807) is 30.5 Å². The summed E-state index contributed by atoms with van der Waals surface area (Å²) in [5.74, 6) is -0.394. The smallest absolute Gasteiger partial charge is 0.338 e. The van der Waals surface area contributed by atoms with Gasteiger partial charge in [-0.15, -0.1) is 0 Å². The fourth-order valence-corrected chi connectivity index (χ4v) is 6.68. The summed E-state index contributed by atoms with van der Waals surface area (Å²) in [6, 6.07) is 22.0. The number of nitrogens with zero attached hydrogens (tertiary/aromatic N) is 3. The van der Waals surface area contributed by atoms with E-state index in [0.29, 0.717) is 38.6 Å². The zero-order chi connectivity index (χ0) is 30.2. The Morgan fingerprint density at radius 1 is 1.07 bits per heavy atom. The summed E-state index contributed by atoms with van der Waals surface area (Å²) in [6.45, 7) is 8.37. The number of ether oxygens (including phenoxy) is 1. The van der Waals surface area contributed by atoms with E-state index >= 15 is 0 Å². The zero-order valence-corrected chi connectivity index (χ0v) is 25.3. The van der Waals surface area contributed by atoms with Crippen LogP contribution in [-0.4, -0.2) is 21.7 Å². The van der Waals surface area contributed by atoms with Crippen molar-refractivity contribution in [1.29, 1.82) is 0 Å². The van der Waals surface area contributed by atoms with E-state index < -0.39 is 12.0 Å². The predicted octanol–water partition coefficient (Wildman–Crippen LogP) is 6.06. The molecule has 6 rings (SSSR count). The topological polar surface area (TPSA) is 65.6 Å². The van der Waals surface area contributed by atoms with E-state index in [1.807, 2.05) is 71.4 Å². The van der Waals surface area contributed by atoms with Gasteiger partial charge in [-0.3, -0.25) is 9.36 Å². The van der Waals surface area contributed by atoms with Gasteiger partial charge in [0.05, 0.1) is 35.0 Å². The molecule has 0 spiro atoms. The Balaban J connectivity index is 1.51. The summed E-state index contributed by atoms with van der Waals surface area (Å²) in [6.07, 6.45) is 3.82. The number of fused-ring (bicyclic) bond motifs is 2. The molecule has 2 aromatic heterocycles. The van der Waals surface area contributed by atoms with Gasteiger partial charge in [0.25, 0.3) is 5.56 Å². The molecular formula is C35H32FN3O3S. The molecule has 1 aliphatic heterocycles. The van der Waals surface area contributed by atoms with Gasteiger partial charge in [0.15, 0.2) is 4.80 Å². The van der Waals surface area contributed by atoms with Crippen molar-refractivity contribution in [2.24, 2.45) is 4.99 Å². The van der Waals surface area contributed by atoms with Crippen molar-refractivity contribution in [3.8, 4) is 0 Å². The van der Waals surface area contributed by atoms with Crippen LogP contribution in [0.15, 0.2) is 100 Å². The lowest BCUT2D eigenvalue weighted by Gasteiger charge is -2.25. The maximum absolute atomic E-state index is 14.5. The number of aromatic nitrogens is 2. The normalized spacial score (nSPS) is 15.2. The molecule has 218 valence electrons. The van der Waals surface area contributed by atoms with Gasteiger partial charge in [0.1, 0.15) is 5.82 Å². The average Bonchev–Trinajstić information content (AvgIpc) is 3.50. The van der Waals surface area contributed by atoms with Gasteiger partial charge >= 0.3 is 5.97 Å². The minimum absolute atomic E-state index is 0.218. The summed E-state index contributed by atoms with van der Waals surface area (Å²) in [7, 11) is 0. The molecule has 0 radical (unpaired) electrons. The monoisotopic (exact) mass is 593 g/mol. The van der Waals surface area contributed by atoms with Crippen LogP contribution in [0.25, 0.3) is 17.0 Å². The van der Waals surface area contributed by atoms with Gasteiger partial charge in [-0.25, -0.2) is 14.2 Å². The van der Waals surface area contributed by atoms with Gasteiger partial charge in [-0.05, 0) is 49.1 Å². The fourth-order valence-electron chi connectivity index (χ4n) is 5.64. The summed E-state index contributed by atoms with van der Waals surface area (Å²) in [5, 5.41) is 0.953. The molecule has 1 aliphatic rings. The largest absolute Gasteiger partial charge is 0.463 e. The third-order valence-corrected chi connectivity index (χ3v) is 8.82. The zero-order valence-electron chi connectivity index (χ0n) is 24.5. The molecule has 0 fully saturated rings. The first-order chi connectivity index (χ1) is 20.8. The SMILES string of the molecule is CCOC(=O)C1=C(C)N=c2s/c(=C\c3cn(Cc4ccccc4F)c4ccccc34)c(=O)n2[C@H]1c1ccc(C(C)C)cc1. The minimum atomic E-state index is -0.666. The summed E-state index contributed by atoms with van der Waals surface area (Å²) in [4.78, 5) is 32.6. The lowest BCUT2D eigenvalue weighted by Crippen LogP contribution is -2.39. The van der Waals surface area contributed by atoms with Crippen LogP contribution in [0.4, 0.5) is 4.39 Å². The molecule has 0 N–H and O–H groups in total. The van der Waals surface area contributed by atoms with Gasteiger partial charge in [-0.1, -0.05) is 85.8 Å². The number of allylic oxidation sites excluding steroid dienone is 1. The Kier molecular flexibility index (Phi) is 7.71. The third-order valence-electron chi connectivity index (χ3n) is 7.84. The van der Waals surface area contributed by atoms with Crippen molar-refractivity contribution >= 4 is 34.3 Å². The van der Waals surface area contributed by atoms with E-state index in [1.165, 1.54) is 23.0 Å². The number of carbonyl (C=O) groups is 1. The molecule has 6 nitrogen and oxygen atoms in total. The number of para-hydroxylation sites is 1. The number of thiazole rings is 1. The number of benzene rings is 3. The molecule has 0 saturated heterocycles. The lowest BCUT2D eigenvalue weighted by molar-refractivity contribution is -0.139. The summed E-state index contributed by atoms with van der Waals surface area (Å²) < 4.78 is 24.0. The van der Waals surface area contributed by atoms with Crippen molar-refractivity contribution in [2.75, 3.05) is 6.61 Å². The predicted molar refractivity (Wildman–Crippen MR) is 168 cm³/mol. The van der Waals surface area contributed by atoms with Crippen molar-refractivity contribution < 1.29 is 13.9 Å². The molecule has 3 aromatic carbocycles. The highest BCUT2D eigenvalue weighted by Gasteiger charge is 2.33. The van der Waals surface area contributed by atoms with Crippen molar-refractivity contribution in [3.63, 3.8) is 0 Å². The average molecular weight is 594 g/mol. The quantitative estimate of drug-likeness (QED) is 0.216. The number of rotatable bonds is 7. The van der Waals surface area contributed by atoms with Crippen molar-refractivity contribution in [1.82, 2.24) is 9.13 Å². The Hall–Kier alpha value is -4.56. The molecule has 3 heterocycles. The highest BCUT2D eigenvalue weighted by Crippen LogP contribution is 2.32. The molecular weight excluding hydrogens is 561 g/mol. The first-order valence-electron chi connectivity index (χ1n) is 14.4. The van der Waals surface area contributed by atoms with Crippen LogP contribution in [0.3, 0.4) is 0 Å². The molecule has 1 atom stereocenters. The number of carbonyl (C=O) groups excluding carboxylic acids is 1. The molecule has 43 heavy (non-hydrogen) atoms. The van der Waals surface area contributed by atoms with Crippen LogP contribution in [0.1, 0.15) is 61.9 Å². The van der Waals surface area contributed by atoms with E-state index in [-0.39, 0.29) is 18.0 Å². The van der Waals surface area contributed by atoms with Crippen molar-refractivity contribution in [3.05, 3.63) is 138 Å². The highest BCUT2D eigenvalue weighted by atomic mass is 32.1. The lowest BCUT2D eigenvalue weighted by atomic mass is 9.93. The maximum atomic E-state index is 14.5. The maximum Gasteiger partial charge on any atom is 0.338 e. The fraction of sp³-hybridized carbons (Fsp3) is 0.229. The first-order valence-corrected chi connectivity index (χ1v) is 15.2. The molecule has 8 heteroatoms. The van der Waals surface area contributed by atoms with Gasteiger partial charge in [0.2, 0.25) is 0 Å². The third kappa shape index (κ3) is 5.27. The Morgan fingerprint density at radius 2 is 1.79 bits per heavy atom. The Labute approximate surface area is 252 Å². The van der Waals surface area contributed by atoms with Crippen LogP contribution >= 0.6 is 11.3 Å². The highest BCUT2D eigenvalue weighted by molar-refractivity contribution is 7.07. The number of hydrogen-bond donors (Lipinski definition) is 0. The van der Waals surface area contributed by atoms with Crippen LogP contribution in [0.5, 0.6) is 0 Å². The first kappa shape index (κ1) is 28.6. The van der Waals surface area contributed by atoms with Crippen LogP contribution in [0, 0.1) is 5.82 Å². The summed E-state index contributed by atoms with van der Waals surface area (Å²) >= 11 is 1.29. The molecule has 0 saturated carbocycles. The van der Waals surface area contributed by atoms with Gasteiger partial charge in [0, 0.05) is 28.2 Å². The van der Waals surface area contributed by atoms with Gasteiger partial charge in [-0.2, -0.15) is 0 Å². The second-order valence-corrected chi connectivity index (χ2v) is 12.0. The molecule has 5 aromatic rings. The van der Waals surface area contributed by atoms with Crippen LogP contribution in [-0.2, 0) is 16.1 Å². The molecule has 0 amide bonds. The Bertz CT molecular complexity index is 2070. The molecule has 0 bridgehead atoms. The standard InChI is InChI=1S/C35H32FN3O3S/c1-5-42-34(41)31-22(4)37-35-39(32(31)24-16-14-23(15-17-24)21(2)3)33(40)30(43-35)18-26-20-38(29-13-9-7-11-27(26)29)19-25-10-6-8-12-28(25)36/h6-18,20-21,32H,5,19H2,1-4H3/b30-18-/t32-/m0/s1. The molecule has 0 unspecified atom stereocenters. The minimum Gasteiger partial charge on any atom is -0.463 e. The Morgan fingerprint density at radius 3 is 2.51 bits per heavy atom. The van der Waals surface area contributed by atoms with Crippen LogP contribution in [0.2, 0.25) is 0 Å². The van der Waals surface area contributed by atoms with E-state index in [0.717, 1.165) is 22.0 Å². The number of hydrogen-bond acceptors (Lipinski definition) is 5. The molecule has 0 aliphatic carbocycles. The summed E-state index contributed by atoms with van der Waals surface area (Å²) in [5.41, 5.74) is 5.01.